The summed E-state index contributed by atoms with van der Waals surface area (Å²) in [6.07, 6.45) is -2.45. The summed E-state index contributed by atoms with van der Waals surface area (Å²) in [5.74, 6) is 0. The molecule has 0 saturated heterocycles. The molecule has 0 aromatic carbocycles. The van der Waals surface area contributed by atoms with Crippen LogP contribution in [0.15, 0.2) is 6.20 Å². The smallest absolute Gasteiger partial charge is 0.302 e. The number of alkyl halides is 3. The van der Waals surface area contributed by atoms with Crippen LogP contribution in [0.1, 0.15) is 24.2 Å². The molecule has 0 spiro atoms. The summed E-state index contributed by atoms with van der Waals surface area (Å²) in [6.45, 7) is 2.49. The highest BCUT2D eigenvalue weighted by Gasteiger charge is 2.27. The summed E-state index contributed by atoms with van der Waals surface area (Å²) >= 11 is 0. The molecule has 3 nitrogen and oxygen atoms in total. The van der Waals surface area contributed by atoms with Crippen molar-refractivity contribution in [1.29, 1.82) is 0 Å². The van der Waals surface area contributed by atoms with Crippen molar-refractivity contribution in [3.63, 3.8) is 0 Å². The maximum Gasteiger partial charge on any atom is 0.401 e. The first-order valence-corrected chi connectivity index (χ1v) is 4.60. The molecule has 1 rings (SSSR count). The van der Waals surface area contributed by atoms with E-state index in [2.05, 4.69) is 10.4 Å². The zero-order valence-electron chi connectivity index (χ0n) is 8.89. The summed E-state index contributed by atoms with van der Waals surface area (Å²) in [4.78, 5) is 0. The predicted molar refractivity (Wildman–Crippen MR) is 50.4 cm³/mol. The Morgan fingerprint density at radius 3 is 2.53 bits per heavy atom. The van der Waals surface area contributed by atoms with Gasteiger partial charge in [0.2, 0.25) is 0 Å². The number of nitrogens with zero attached hydrogens (tertiary/aromatic N) is 2. The van der Waals surface area contributed by atoms with E-state index in [1.807, 2.05) is 0 Å². The monoisotopic (exact) mass is 221 g/mol. The van der Waals surface area contributed by atoms with E-state index in [4.69, 9.17) is 0 Å². The summed E-state index contributed by atoms with van der Waals surface area (Å²) in [5, 5.41) is 6.49. The Labute approximate surface area is 86.3 Å². The Morgan fingerprint density at radius 1 is 1.53 bits per heavy atom. The highest BCUT2D eigenvalue weighted by Crippen LogP contribution is 2.18. The van der Waals surface area contributed by atoms with Gasteiger partial charge in [-0.2, -0.15) is 18.3 Å². The van der Waals surface area contributed by atoms with Crippen molar-refractivity contribution in [3.8, 4) is 0 Å². The third-order valence-corrected chi connectivity index (χ3v) is 2.13. The average molecular weight is 221 g/mol. The lowest BCUT2D eigenvalue weighted by atomic mass is 10.1. The highest BCUT2D eigenvalue weighted by molar-refractivity contribution is 5.19. The van der Waals surface area contributed by atoms with Crippen LogP contribution in [-0.2, 0) is 7.05 Å². The molecule has 0 amide bonds. The van der Waals surface area contributed by atoms with Gasteiger partial charge in [-0.05, 0) is 13.8 Å². The predicted octanol–water partition coefficient (Wildman–Crippen LogP) is 1.94. The number of nitrogens with one attached hydrogen (secondary N) is 1. The van der Waals surface area contributed by atoms with Crippen LogP contribution >= 0.6 is 0 Å². The molecule has 6 heteroatoms. The van der Waals surface area contributed by atoms with E-state index >= 15 is 0 Å². The minimum absolute atomic E-state index is 0.347. The van der Waals surface area contributed by atoms with Crippen LogP contribution in [0.5, 0.6) is 0 Å². The second kappa shape index (κ2) is 4.22. The lowest BCUT2D eigenvalue weighted by molar-refractivity contribution is -0.126. The van der Waals surface area contributed by atoms with Crippen molar-refractivity contribution >= 4 is 0 Å². The number of aromatic nitrogens is 2. The van der Waals surface area contributed by atoms with E-state index in [9.17, 15) is 13.2 Å². The first kappa shape index (κ1) is 12.0. The van der Waals surface area contributed by atoms with E-state index < -0.39 is 12.7 Å². The van der Waals surface area contributed by atoms with Gasteiger partial charge in [0, 0.05) is 24.8 Å². The van der Waals surface area contributed by atoms with Crippen LogP contribution in [0, 0.1) is 6.92 Å². The fourth-order valence-electron chi connectivity index (χ4n) is 1.42. The molecule has 1 heterocycles. The van der Waals surface area contributed by atoms with Gasteiger partial charge in [0.05, 0.1) is 12.2 Å². The van der Waals surface area contributed by atoms with Gasteiger partial charge in [-0.3, -0.25) is 4.68 Å². The molecule has 1 atom stereocenters. The molecule has 1 unspecified atom stereocenters. The Balaban J connectivity index is 2.61. The molecule has 1 N–H and O–H groups in total. The molecular weight excluding hydrogens is 207 g/mol. The Hall–Kier alpha value is -1.04. The van der Waals surface area contributed by atoms with Crippen LogP contribution in [-0.4, -0.2) is 22.5 Å². The number of rotatable bonds is 3. The molecule has 0 bridgehead atoms. The highest BCUT2D eigenvalue weighted by atomic mass is 19.4. The fraction of sp³-hybridized carbons (Fsp3) is 0.667. The third-order valence-electron chi connectivity index (χ3n) is 2.13. The maximum atomic E-state index is 12.0. The molecule has 86 valence electrons. The standard InChI is InChI=1S/C9H14F3N3/c1-6(13-5-9(10,11)12)8-4-15(3)14-7(8)2/h4,6,13H,5H2,1-3H3. The lowest BCUT2D eigenvalue weighted by Crippen LogP contribution is -2.30. The van der Waals surface area contributed by atoms with Crippen LogP contribution < -0.4 is 5.32 Å². The first-order chi connectivity index (χ1) is 6.79. The molecule has 1 aromatic heterocycles. The molecule has 0 radical (unpaired) electrons. The van der Waals surface area contributed by atoms with Crippen LogP contribution in [0.4, 0.5) is 13.2 Å². The summed E-state index contributed by atoms with van der Waals surface area (Å²) in [6, 6.07) is -0.347. The van der Waals surface area contributed by atoms with Gasteiger partial charge in [0.25, 0.3) is 0 Å². The summed E-state index contributed by atoms with van der Waals surface area (Å²) in [5.41, 5.74) is 1.54. The van der Waals surface area contributed by atoms with Crippen molar-refractivity contribution in [2.75, 3.05) is 6.54 Å². The van der Waals surface area contributed by atoms with Crippen LogP contribution in [0.25, 0.3) is 0 Å². The van der Waals surface area contributed by atoms with Crippen LogP contribution in [0.2, 0.25) is 0 Å². The normalized spacial score (nSPS) is 14.3. The van der Waals surface area contributed by atoms with Crippen molar-refractivity contribution in [2.45, 2.75) is 26.1 Å². The fourth-order valence-corrected chi connectivity index (χ4v) is 1.42. The van der Waals surface area contributed by atoms with Crippen molar-refractivity contribution in [2.24, 2.45) is 7.05 Å². The molecule has 0 aliphatic rings. The first-order valence-electron chi connectivity index (χ1n) is 4.60. The number of aryl methyl sites for hydroxylation is 2. The van der Waals surface area contributed by atoms with Crippen LogP contribution in [0.3, 0.4) is 0 Å². The number of hydrogen-bond acceptors (Lipinski definition) is 2. The Morgan fingerprint density at radius 2 is 2.13 bits per heavy atom. The molecular formula is C9H14F3N3. The average Bonchev–Trinajstić information content (AvgIpc) is 2.40. The lowest BCUT2D eigenvalue weighted by Gasteiger charge is -2.14. The zero-order chi connectivity index (χ0) is 11.6. The largest absolute Gasteiger partial charge is 0.401 e. The van der Waals surface area contributed by atoms with E-state index in [1.165, 1.54) is 0 Å². The molecule has 0 saturated carbocycles. The van der Waals surface area contributed by atoms with Crippen molar-refractivity contribution in [1.82, 2.24) is 15.1 Å². The molecule has 15 heavy (non-hydrogen) atoms. The molecule has 1 aromatic rings. The van der Waals surface area contributed by atoms with E-state index in [-0.39, 0.29) is 6.04 Å². The SMILES string of the molecule is Cc1nn(C)cc1C(C)NCC(F)(F)F. The molecule has 0 aliphatic heterocycles. The maximum absolute atomic E-state index is 12.0. The van der Waals surface area contributed by atoms with Gasteiger partial charge in [-0.15, -0.1) is 0 Å². The van der Waals surface area contributed by atoms with Gasteiger partial charge in [-0.25, -0.2) is 0 Å². The Bertz CT molecular complexity index is 330. The minimum atomic E-state index is -4.18. The summed E-state index contributed by atoms with van der Waals surface area (Å²) in [7, 11) is 1.74. The summed E-state index contributed by atoms with van der Waals surface area (Å²) < 4.78 is 37.5. The van der Waals surface area contributed by atoms with E-state index in [1.54, 1.807) is 31.8 Å². The van der Waals surface area contributed by atoms with Crippen molar-refractivity contribution < 1.29 is 13.2 Å². The minimum Gasteiger partial charge on any atom is -0.302 e. The number of halogens is 3. The third kappa shape index (κ3) is 3.54. The Kier molecular flexibility index (Phi) is 3.38. The van der Waals surface area contributed by atoms with Gasteiger partial charge in [0.15, 0.2) is 0 Å². The number of hydrogen-bond donors (Lipinski definition) is 1. The van der Waals surface area contributed by atoms with Gasteiger partial charge in [-0.1, -0.05) is 0 Å². The topological polar surface area (TPSA) is 29.9 Å². The quantitative estimate of drug-likeness (QED) is 0.845. The second-order valence-electron chi connectivity index (χ2n) is 3.56. The van der Waals surface area contributed by atoms with Gasteiger partial charge < -0.3 is 5.32 Å². The zero-order valence-corrected chi connectivity index (χ0v) is 8.89. The molecule has 0 fully saturated rings. The van der Waals surface area contributed by atoms with E-state index in [0.717, 1.165) is 11.3 Å². The van der Waals surface area contributed by atoms with Crippen molar-refractivity contribution in [3.05, 3.63) is 17.5 Å². The second-order valence-corrected chi connectivity index (χ2v) is 3.56. The van der Waals surface area contributed by atoms with Gasteiger partial charge >= 0.3 is 6.18 Å². The van der Waals surface area contributed by atoms with E-state index in [0.29, 0.717) is 0 Å². The van der Waals surface area contributed by atoms with Gasteiger partial charge in [0.1, 0.15) is 0 Å². The molecule has 0 aliphatic carbocycles.